The standard InChI is InChI=1S/C17H22N4O4/c1-19(12-4-14(22)5-12)11-3-10(9-18)17(21(24)25)16(8-11)20(2)13-6-15(23)7-13/h3,8,12-15,22-23H,4-7H2,1-2H3. The highest BCUT2D eigenvalue weighted by molar-refractivity contribution is 5.76. The van der Waals surface area contributed by atoms with Gasteiger partial charge in [-0.3, -0.25) is 10.1 Å². The molecule has 2 saturated carbocycles. The number of hydrogen-bond acceptors (Lipinski definition) is 7. The van der Waals surface area contributed by atoms with Crippen molar-refractivity contribution in [3.8, 4) is 6.07 Å². The zero-order valence-electron chi connectivity index (χ0n) is 14.3. The lowest BCUT2D eigenvalue weighted by molar-refractivity contribution is -0.384. The van der Waals surface area contributed by atoms with Crippen LogP contribution in [0.3, 0.4) is 0 Å². The maximum absolute atomic E-state index is 11.6. The van der Waals surface area contributed by atoms with Crippen LogP contribution < -0.4 is 9.80 Å². The molecule has 0 aliphatic heterocycles. The molecule has 0 bridgehead atoms. The molecule has 1 aromatic carbocycles. The lowest BCUT2D eigenvalue weighted by Crippen LogP contribution is -2.46. The van der Waals surface area contributed by atoms with Crippen LogP contribution >= 0.6 is 0 Å². The summed E-state index contributed by atoms with van der Waals surface area (Å²) in [7, 11) is 3.63. The van der Waals surface area contributed by atoms with E-state index in [1.165, 1.54) is 6.07 Å². The minimum atomic E-state index is -0.517. The fourth-order valence-electron chi connectivity index (χ4n) is 3.51. The number of nitro groups is 1. The largest absolute Gasteiger partial charge is 0.393 e. The summed E-state index contributed by atoms with van der Waals surface area (Å²) in [6.07, 6.45) is 1.74. The molecule has 25 heavy (non-hydrogen) atoms. The first-order chi connectivity index (χ1) is 11.8. The van der Waals surface area contributed by atoms with Crippen LogP contribution in [-0.2, 0) is 0 Å². The van der Waals surface area contributed by atoms with Crippen LogP contribution in [0.2, 0.25) is 0 Å². The molecule has 2 fully saturated rings. The molecule has 0 saturated heterocycles. The molecule has 134 valence electrons. The van der Waals surface area contributed by atoms with Crippen LogP contribution in [0.4, 0.5) is 17.1 Å². The molecule has 2 aliphatic rings. The van der Waals surface area contributed by atoms with Crippen LogP contribution in [0.5, 0.6) is 0 Å². The Morgan fingerprint density at radius 3 is 2.08 bits per heavy atom. The summed E-state index contributed by atoms with van der Waals surface area (Å²) in [5, 5.41) is 40.0. The Kier molecular flexibility index (Phi) is 4.54. The summed E-state index contributed by atoms with van der Waals surface area (Å²) in [4.78, 5) is 14.8. The Morgan fingerprint density at radius 2 is 1.64 bits per heavy atom. The molecule has 0 radical (unpaired) electrons. The molecule has 0 heterocycles. The van der Waals surface area contributed by atoms with Gasteiger partial charge in [-0.05, 0) is 37.8 Å². The highest BCUT2D eigenvalue weighted by Crippen LogP contribution is 2.40. The Morgan fingerprint density at radius 1 is 1.12 bits per heavy atom. The van der Waals surface area contributed by atoms with Crippen LogP contribution in [0, 0.1) is 21.4 Å². The van der Waals surface area contributed by atoms with Gasteiger partial charge in [0.1, 0.15) is 17.3 Å². The number of benzene rings is 1. The molecular formula is C17H22N4O4. The summed E-state index contributed by atoms with van der Waals surface area (Å²) in [6.45, 7) is 0. The van der Waals surface area contributed by atoms with E-state index in [1.54, 1.807) is 18.0 Å². The summed E-state index contributed by atoms with van der Waals surface area (Å²) >= 11 is 0. The molecule has 0 amide bonds. The molecule has 0 spiro atoms. The number of aliphatic hydroxyl groups is 2. The topological polar surface area (TPSA) is 114 Å². The van der Waals surface area contributed by atoms with Gasteiger partial charge in [0.2, 0.25) is 0 Å². The van der Waals surface area contributed by atoms with E-state index in [-0.39, 0.29) is 35.5 Å². The third-order valence-electron chi connectivity index (χ3n) is 5.44. The van der Waals surface area contributed by atoms with Crippen molar-refractivity contribution >= 4 is 17.1 Å². The predicted molar refractivity (Wildman–Crippen MR) is 92.7 cm³/mol. The zero-order valence-corrected chi connectivity index (χ0v) is 14.3. The van der Waals surface area contributed by atoms with Gasteiger partial charge < -0.3 is 20.0 Å². The molecule has 8 heteroatoms. The fraction of sp³-hybridized carbons (Fsp3) is 0.588. The van der Waals surface area contributed by atoms with Crippen molar-refractivity contribution in [2.24, 2.45) is 0 Å². The maximum atomic E-state index is 11.6. The Hall–Kier alpha value is -2.37. The van der Waals surface area contributed by atoms with Crippen LogP contribution in [0.15, 0.2) is 12.1 Å². The van der Waals surface area contributed by atoms with Gasteiger partial charge in [-0.2, -0.15) is 5.26 Å². The van der Waals surface area contributed by atoms with E-state index in [0.29, 0.717) is 31.4 Å². The lowest BCUT2D eigenvalue weighted by Gasteiger charge is -2.41. The summed E-state index contributed by atoms with van der Waals surface area (Å²) in [6, 6.07) is 5.39. The normalized spacial score (nSPS) is 27.6. The first-order valence-electron chi connectivity index (χ1n) is 8.36. The number of anilines is 2. The minimum Gasteiger partial charge on any atom is -0.393 e. The van der Waals surface area contributed by atoms with Crippen molar-refractivity contribution in [2.45, 2.75) is 50.0 Å². The Bertz CT molecular complexity index is 720. The van der Waals surface area contributed by atoms with Gasteiger partial charge in [0, 0.05) is 31.9 Å². The van der Waals surface area contributed by atoms with E-state index in [2.05, 4.69) is 0 Å². The first kappa shape index (κ1) is 17.5. The van der Waals surface area contributed by atoms with Crippen molar-refractivity contribution in [1.82, 2.24) is 0 Å². The number of aliphatic hydroxyl groups excluding tert-OH is 2. The molecule has 8 nitrogen and oxygen atoms in total. The average Bonchev–Trinajstić information content (AvgIpc) is 2.53. The second-order valence-corrected chi connectivity index (χ2v) is 7.01. The quantitative estimate of drug-likeness (QED) is 0.611. The maximum Gasteiger partial charge on any atom is 0.310 e. The fourth-order valence-corrected chi connectivity index (χ4v) is 3.51. The number of nitrogens with zero attached hydrogens (tertiary/aromatic N) is 4. The second kappa shape index (κ2) is 6.50. The SMILES string of the molecule is CN(c1cc(C#N)c([N+](=O)[O-])c(N(C)C2CC(O)C2)c1)C1CC(O)C1. The van der Waals surface area contributed by atoms with Gasteiger partial charge in [-0.1, -0.05) is 0 Å². The molecule has 3 rings (SSSR count). The van der Waals surface area contributed by atoms with E-state index < -0.39 is 4.92 Å². The van der Waals surface area contributed by atoms with Gasteiger partial charge in [0.05, 0.1) is 17.1 Å². The molecule has 0 atom stereocenters. The van der Waals surface area contributed by atoms with Crippen molar-refractivity contribution < 1.29 is 15.1 Å². The summed E-state index contributed by atoms with van der Waals surface area (Å²) < 4.78 is 0. The monoisotopic (exact) mass is 346 g/mol. The first-order valence-corrected chi connectivity index (χ1v) is 8.36. The summed E-state index contributed by atoms with van der Waals surface area (Å²) in [5.74, 6) is 0. The van der Waals surface area contributed by atoms with Crippen molar-refractivity contribution in [1.29, 1.82) is 5.26 Å². The number of nitriles is 1. The van der Waals surface area contributed by atoms with Crippen LogP contribution in [0.25, 0.3) is 0 Å². The highest BCUT2D eigenvalue weighted by Gasteiger charge is 2.36. The molecule has 2 aliphatic carbocycles. The van der Waals surface area contributed by atoms with Crippen molar-refractivity contribution in [3.63, 3.8) is 0 Å². The summed E-state index contributed by atoms with van der Waals surface area (Å²) in [5.41, 5.74) is 0.941. The predicted octanol–water partition coefficient (Wildman–Crippen LogP) is 1.39. The average molecular weight is 346 g/mol. The molecule has 2 N–H and O–H groups in total. The van der Waals surface area contributed by atoms with Crippen molar-refractivity contribution in [2.75, 3.05) is 23.9 Å². The van der Waals surface area contributed by atoms with E-state index in [9.17, 15) is 25.6 Å². The number of rotatable bonds is 5. The van der Waals surface area contributed by atoms with E-state index in [1.807, 2.05) is 18.0 Å². The number of nitro benzene ring substituents is 1. The van der Waals surface area contributed by atoms with E-state index >= 15 is 0 Å². The van der Waals surface area contributed by atoms with Gasteiger partial charge in [0.15, 0.2) is 0 Å². The molecule has 0 aromatic heterocycles. The van der Waals surface area contributed by atoms with Crippen molar-refractivity contribution in [3.05, 3.63) is 27.8 Å². The number of hydrogen-bond donors (Lipinski definition) is 2. The lowest BCUT2D eigenvalue weighted by atomic mass is 9.87. The van der Waals surface area contributed by atoms with Gasteiger partial charge >= 0.3 is 5.69 Å². The smallest absolute Gasteiger partial charge is 0.310 e. The van der Waals surface area contributed by atoms with Crippen LogP contribution in [-0.4, -0.2) is 53.5 Å². The molecule has 0 unspecified atom stereocenters. The zero-order chi connectivity index (χ0) is 18.3. The second-order valence-electron chi connectivity index (χ2n) is 7.01. The molecular weight excluding hydrogens is 324 g/mol. The molecule has 1 aromatic rings. The van der Waals surface area contributed by atoms with Crippen LogP contribution in [0.1, 0.15) is 31.2 Å². The van der Waals surface area contributed by atoms with Gasteiger partial charge in [0.25, 0.3) is 0 Å². The van der Waals surface area contributed by atoms with Gasteiger partial charge in [-0.25, -0.2) is 0 Å². The Balaban J connectivity index is 1.99. The third kappa shape index (κ3) is 3.13. The Labute approximate surface area is 146 Å². The van der Waals surface area contributed by atoms with Gasteiger partial charge in [-0.15, -0.1) is 0 Å². The van der Waals surface area contributed by atoms with E-state index in [0.717, 1.165) is 5.69 Å². The third-order valence-corrected chi connectivity index (χ3v) is 5.44. The van der Waals surface area contributed by atoms with E-state index in [4.69, 9.17) is 0 Å². The minimum absolute atomic E-state index is 0.0197. The highest BCUT2D eigenvalue weighted by atomic mass is 16.6.